The van der Waals surface area contributed by atoms with Crippen molar-refractivity contribution in [3.8, 4) is 0 Å². The molecule has 0 unspecified atom stereocenters. The molecule has 1 aromatic rings. The first-order chi connectivity index (χ1) is 8.80. The van der Waals surface area contributed by atoms with Gasteiger partial charge in [-0.1, -0.05) is 18.8 Å². The molecule has 1 aliphatic rings. The predicted octanol–water partition coefficient (Wildman–Crippen LogP) is -0.799. The fourth-order valence-electron chi connectivity index (χ4n) is 2.00. The molecule has 1 aliphatic heterocycles. The van der Waals surface area contributed by atoms with Crippen molar-refractivity contribution < 1.29 is 22.0 Å². The van der Waals surface area contributed by atoms with Crippen molar-refractivity contribution in [2.24, 2.45) is 5.92 Å². The smallest absolute Gasteiger partial charge is 0.342 e. The van der Waals surface area contributed by atoms with E-state index in [4.69, 9.17) is 10.3 Å². The van der Waals surface area contributed by atoms with Crippen LogP contribution in [-0.2, 0) is 16.8 Å². The average molecular weight is 289 g/mol. The Bertz CT molecular complexity index is 583. The van der Waals surface area contributed by atoms with Gasteiger partial charge in [0.25, 0.3) is 11.6 Å². The zero-order chi connectivity index (χ0) is 14.2. The summed E-state index contributed by atoms with van der Waals surface area (Å²) in [5.74, 6) is 1.68. The van der Waals surface area contributed by atoms with E-state index in [0.29, 0.717) is 24.0 Å². The molecule has 3 N–H and O–H groups in total. The van der Waals surface area contributed by atoms with Gasteiger partial charge in [-0.2, -0.15) is 8.42 Å². The van der Waals surface area contributed by atoms with Crippen molar-refractivity contribution in [1.29, 1.82) is 0 Å². The number of anilines is 2. The van der Waals surface area contributed by atoms with Crippen LogP contribution in [0.1, 0.15) is 19.7 Å². The van der Waals surface area contributed by atoms with Gasteiger partial charge in [0.2, 0.25) is 5.82 Å². The van der Waals surface area contributed by atoms with E-state index in [0.717, 1.165) is 17.8 Å². The van der Waals surface area contributed by atoms with Crippen molar-refractivity contribution >= 4 is 22.0 Å². The maximum absolute atomic E-state index is 10.8. The summed E-state index contributed by atoms with van der Waals surface area (Å²) in [6.07, 6.45) is 0.414. The second kappa shape index (κ2) is 4.82. The van der Waals surface area contributed by atoms with Crippen LogP contribution < -0.4 is 19.6 Å². The van der Waals surface area contributed by atoms with E-state index in [1.807, 2.05) is 4.90 Å². The van der Waals surface area contributed by atoms with Crippen LogP contribution in [0.25, 0.3) is 0 Å². The number of aromatic nitrogens is 2. The van der Waals surface area contributed by atoms with Gasteiger partial charge in [0.05, 0.1) is 6.07 Å². The number of nitrogens with zero attached hydrogens (tertiary/aromatic N) is 3. The number of nitrogen functional groups attached to an aromatic ring is 1. The summed E-state index contributed by atoms with van der Waals surface area (Å²) in [6, 6.07) is 1.52. The number of hydrogen-bond acceptors (Lipinski definition) is 6. The van der Waals surface area contributed by atoms with Crippen LogP contribution in [0.3, 0.4) is 0 Å². The second-order valence-corrected chi connectivity index (χ2v) is 5.62. The Morgan fingerprint density at radius 3 is 2.74 bits per heavy atom. The minimum absolute atomic E-state index is 0.0685. The van der Waals surface area contributed by atoms with Gasteiger partial charge >= 0.3 is 10.4 Å². The highest BCUT2D eigenvalue weighted by Crippen LogP contribution is 2.22. The molecule has 0 radical (unpaired) electrons. The maximum Gasteiger partial charge on any atom is 0.476 e. The Kier molecular flexibility index (Phi) is 3.50. The molecular weight excluding hydrogens is 272 g/mol. The summed E-state index contributed by atoms with van der Waals surface area (Å²) >= 11 is 0. The first-order valence-electron chi connectivity index (χ1n) is 5.94. The molecule has 0 bridgehead atoms. The molecule has 0 aromatic carbocycles. The summed E-state index contributed by atoms with van der Waals surface area (Å²) in [4.78, 5) is 6.34. The van der Waals surface area contributed by atoms with Crippen LogP contribution >= 0.6 is 0 Å². The molecule has 0 aliphatic carbocycles. The highest BCUT2D eigenvalue weighted by Gasteiger charge is 2.29. The number of aryl methyl sites for hydroxylation is 1. The zero-order valence-electron chi connectivity index (χ0n) is 10.8. The largest absolute Gasteiger partial charge is 0.476 e. The van der Waals surface area contributed by atoms with E-state index in [2.05, 4.69) is 16.2 Å². The van der Waals surface area contributed by atoms with Crippen LogP contribution in [0, 0.1) is 5.92 Å². The lowest BCUT2D eigenvalue weighted by atomic mass is 10.0. The van der Waals surface area contributed by atoms with Gasteiger partial charge in [-0.3, -0.25) is 4.55 Å². The molecule has 1 fully saturated rings. The van der Waals surface area contributed by atoms with E-state index in [1.165, 1.54) is 6.07 Å². The average Bonchev–Trinajstić information content (AvgIpc) is 2.26. The zero-order valence-corrected chi connectivity index (χ0v) is 11.6. The predicted molar refractivity (Wildman–Crippen MR) is 67.7 cm³/mol. The normalized spacial score (nSPS) is 16.3. The fraction of sp³-hybridized carbons (Fsp3) is 0.600. The summed E-state index contributed by atoms with van der Waals surface area (Å²) in [7, 11) is -4.64. The van der Waals surface area contributed by atoms with Crippen molar-refractivity contribution in [2.45, 2.75) is 20.3 Å². The third-order valence-corrected chi connectivity index (χ3v) is 3.20. The Labute approximate surface area is 111 Å². The first-order valence-corrected chi connectivity index (χ1v) is 7.30. The van der Waals surface area contributed by atoms with Gasteiger partial charge < -0.3 is 10.6 Å². The summed E-state index contributed by atoms with van der Waals surface area (Å²) in [6.45, 7) is 5.69. The van der Waals surface area contributed by atoms with Crippen LogP contribution in [-0.4, -0.2) is 31.0 Å². The molecule has 1 saturated heterocycles. The van der Waals surface area contributed by atoms with Crippen molar-refractivity contribution in [2.75, 3.05) is 23.7 Å². The molecule has 2 heterocycles. The topological polar surface area (TPSA) is 110 Å². The summed E-state index contributed by atoms with van der Waals surface area (Å²) in [5.41, 5.74) is 5.75. The Hall–Kier alpha value is -1.61. The highest BCUT2D eigenvalue weighted by atomic mass is 32.3. The molecule has 0 saturated carbocycles. The highest BCUT2D eigenvalue weighted by molar-refractivity contribution is 7.80. The minimum atomic E-state index is -4.64. The van der Waals surface area contributed by atoms with Gasteiger partial charge in [-0.05, 0) is 10.6 Å². The number of rotatable bonds is 4. The van der Waals surface area contributed by atoms with E-state index in [-0.39, 0.29) is 5.82 Å². The Morgan fingerprint density at radius 1 is 1.63 bits per heavy atom. The SMILES string of the molecule is CCc1nc(N2CC(C)C2)cc(N)[n+]1OS(=O)(=O)O. The third kappa shape index (κ3) is 3.04. The lowest BCUT2D eigenvalue weighted by Crippen LogP contribution is -2.53. The van der Waals surface area contributed by atoms with Gasteiger partial charge in [0.1, 0.15) is 0 Å². The van der Waals surface area contributed by atoms with Gasteiger partial charge in [0.15, 0.2) is 0 Å². The minimum Gasteiger partial charge on any atom is -0.342 e. The molecule has 2 rings (SSSR count). The van der Waals surface area contributed by atoms with Crippen molar-refractivity contribution in [3.63, 3.8) is 0 Å². The molecule has 0 amide bonds. The standard InChI is InChI=1S/C10H16N4O4S/c1-3-9-12-10(13-5-7(2)6-13)4-8(11)14(9)18-19(15,16)17/h4,7,11H,3,5-6H2,1-2H3,(H,15,16,17)/p+1. The maximum atomic E-state index is 10.8. The van der Waals surface area contributed by atoms with Crippen molar-refractivity contribution in [1.82, 2.24) is 4.98 Å². The van der Waals surface area contributed by atoms with Crippen LogP contribution in [0.4, 0.5) is 11.6 Å². The second-order valence-electron chi connectivity index (χ2n) is 4.62. The summed E-state index contributed by atoms with van der Waals surface area (Å²) in [5, 5.41) is 0. The molecule has 0 spiro atoms. The first kappa shape index (κ1) is 13.8. The van der Waals surface area contributed by atoms with E-state index >= 15 is 0 Å². The van der Waals surface area contributed by atoms with Crippen LogP contribution in [0.2, 0.25) is 0 Å². The molecule has 1 aromatic heterocycles. The van der Waals surface area contributed by atoms with E-state index < -0.39 is 10.4 Å². The molecule has 0 atom stereocenters. The monoisotopic (exact) mass is 289 g/mol. The van der Waals surface area contributed by atoms with Crippen LogP contribution in [0.5, 0.6) is 0 Å². The van der Waals surface area contributed by atoms with E-state index in [1.54, 1.807) is 6.92 Å². The summed E-state index contributed by atoms with van der Waals surface area (Å²) < 4.78 is 35.5. The third-order valence-electron chi connectivity index (χ3n) is 2.86. The van der Waals surface area contributed by atoms with Gasteiger partial charge in [-0.25, -0.2) is 4.28 Å². The Morgan fingerprint density at radius 2 is 2.26 bits per heavy atom. The lowest BCUT2D eigenvalue weighted by molar-refractivity contribution is -0.853. The number of hydrogen-bond donors (Lipinski definition) is 2. The number of nitrogens with two attached hydrogens (primary N) is 1. The van der Waals surface area contributed by atoms with Gasteiger partial charge in [-0.15, -0.1) is 0 Å². The molecule has 9 heteroatoms. The Balaban J connectivity index is 2.35. The molecular formula is C10H17N4O4S+. The van der Waals surface area contributed by atoms with Crippen LogP contribution in [0.15, 0.2) is 6.07 Å². The van der Waals surface area contributed by atoms with Crippen molar-refractivity contribution in [3.05, 3.63) is 11.9 Å². The molecule has 106 valence electrons. The quantitative estimate of drug-likeness (QED) is 0.551. The molecule has 19 heavy (non-hydrogen) atoms. The molecule has 8 nitrogen and oxygen atoms in total. The fourth-order valence-corrected chi connectivity index (χ4v) is 2.36. The lowest BCUT2D eigenvalue weighted by Gasteiger charge is -2.36. The van der Waals surface area contributed by atoms with E-state index in [9.17, 15) is 8.42 Å². The van der Waals surface area contributed by atoms with Gasteiger partial charge in [0, 0.05) is 19.5 Å².